The smallest absolute Gasteiger partial charge is 0.257 e. The summed E-state index contributed by atoms with van der Waals surface area (Å²) in [6.07, 6.45) is 4.60. The van der Waals surface area contributed by atoms with Gasteiger partial charge in [-0.05, 0) is 37.8 Å². The number of rotatable bonds is 5. The molecule has 0 unspecified atom stereocenters. The first-order chi connectivity index (χ1) is 11.6. The highest BCUT2D eigenvalue weighted by Gasteiger charge is 2.29. The highest BCUT2D eigenvalue weighted by atomic mass is 16.3. The molecule has 0 spiro atoms. The summed E-state index contributed by atoms with van der Waals surface area (Å²) in [5.41, 5.74) is 1.79. The predicted molar refractivity (Wildman–Crippen MR) is 91.8 cm³/mol. The number of piperidine rings is 1. The van der Waals surface area contributed by atoms with Crippen LogP contribution in [-0.4, -0.2) is 29.7 Å². The van der Waals surface area contributed by atoms with E-state index < -0.39 is 0 Å². The molecule has 1 aliphatic heterocycles. The zero-order valence-corrected chi connectivity index (χ0v) is 14.0. The molecule has 24 heavy (non-hydrogen) atoms. The molecule has 1 saturated heterocycles. The van der Waals surface area contributed by atoms with Crippen LogP contribution in [0.2, 0.25) is 0 Å². The maximum Gasteiger partial charge on any atom is 0.257 e. The van der Waals surface area contributed by atoms with Gasteiger partial charge in [-0.15, -0.1) is 0 Å². The number of hydrogen-bond acceptors (Lipinski definition) is 3. The first-order valence-corrected chi connectivity index (χ1v) is 8.55. The van der Waals surface area contributed by atoms with Gasteiger partial charge in [0.1, 0.15) is 11.5 Å². The highest BCUT2D eigenvalue weighted by molar-refractivity contribution is 5.95. The summed E-state index contributed by atoms with van der Waals surface area (Å²) in [6.45, 7) is 3.03. The summed E-state index contributed by atoms with van der Waals surface area (Å²) in [7, 11) is 0. The number of furan rings is 1. The molecule has 1 fully saturated rings. The molecule has 126 valence electrons. The van der Waals surface area contributed by atoms with Crippen molar-refractivity contribution in [3.05, 3.63) is 59.5 Å². The fourth-order valence-electron chi connectivity index (χ4n) is 3.32. The molecule has 1 aliphatic rings. The number of aryl methyl sites for hydroxylation is 2. The lowest BCUT2D eigenvalue weighted by Gasteiger charge is -2.32. The van der Waals surface area contributed by atoms with Gasteiger partial charge in [0.2, 0.25) is 0 Å². The van der Waals surface area contributed by atoms with Crippen LogP contribution in [0, 0.1) is 12.8 Å². The van der Waals surface area contributed by atoms with E-state index in [1.54, 1.807) is 17.9 Å². The summed E-state index contributed by atoms with van der Waals surface area (Å²) in [5, 5.41) is 0. The van der Waals surface area contributed by atoms with Gasteiger partial charge in [-0.3, -0.25) is 9.59 Å². The molecule has 1 aromatic heterocycles. The van der Waals surface area contributed by atoms with E-state index in [0.717, 1.165) is 19.3 Å². The van der Waals surface area contributed by atoms with Crippen LogP contribution < -0.4 is 0 Å². The predicted octanol–water partition coefficient (Wildman–Crippen LogP) is 3.64. The zero-order valence-electron chi connectivity index (χ0n) is 14.0. The molecule has 4 heteroatoms. The number of ketones is 1. The van der Waals surface area contributed by atoms with Crippen LogP contribution in [0.25, 0.3) is 0 Å². The van der Waals surface area contributed by atoms with E-state index >= 15 is 0 Å². The molecule has 2 aromatic rings. The van der Waals surface area contributed by atoms with Crippen molar-refractivity contribution in [2.45, 2.75) is 32.6 Å². The van der Waals surface area contributed by atoms with Gasteiger partial charge in [0, 0.05) is 25.4 Å². The van der Waals surface area contributed by atoms with E-state index in [-0.39, 0.29) is 17.6 Å². The second-order valence-electron chi connectivity index (χ2n) is 6.43. The third kappa shape index (κ3) is 3.75. The molecular formula is C20H23NO3. The minimum absolute atomic E-state index is 0.0261. The van der Waals surface area contributed by atoms with Crippen molar-refractivity contribution in [3.8, 4) is 0 Å². The minimum atomic E-state index is -0.0429. The number of carbonyl (C=O) groups is 2. The second-order valence-corrected chi connectivity index (χ2v) is 6.43. The van der Waals surface area contributed by atoms with Gasteiger partial charge in [-0.2, -0.15) is 0 Å². The van der Waals surface area contributed by atoms with Crippen molar-refractivity contribution < 1.29 is 14.0 Å². The Balaban J connectivity index is 1.58. The van der Waals surface area contributed by atoms with Crippen LogP contribution in [0.5, 0.6) is 0 Å². The van der Waals surface area contributed by atoms with Gasteiger partial charge >= 0.3 is 0 Å². The monoisotopic (exact) mass is 325 g/mol. The molecular weight excluding hydrogens is 302 g/mol. The molecule has 3 rings (SSSR count). The Morgan fingerprint density at radius 2 is 2.00 bits per heavy atom. The van der Waals surface area contributed by atoms with E-state index in [4.69, 9.17) is 4.42 Å². The third-order valence-corrected chi connectivity index (χ3v) is 4.76. The van der Waals surface area contributed by atoms with Gasteiger partial charge in [-0.1, -0.05) is 30.3 Å². The topological polar surface area (TPSA) is 50.5 Å². The van der Waals surface area contributed by atoms with Crippen molar-refractivity contribution in [2.75, 3.05) is 13.1 Å². The Morgan fingerprint density at radius 1 is 1.21 bits per heavy atom. The summed E-state index contributed by atoms with van der Waals surface area (Å²) in [6, 6.07) is 11.8. The van der Waals surface area contributed by atoms with Crippen LogP contribution in [-0.2, 0) is 11.2 Å². The van der Waals surface area contributed by atoms with Gasteiger partial charge in [0.05, 0.1) is 11.8 Å². The van der Waals surface area contributed by atoms with Gasteiger partial charge in [0.25, 0.3) is 5.91 Å². The molecule has 0 saturated carbocycles. The second kappa shape index (κ2) is 7.47. The van der Waals surface area contributed by atoms with Crippen LogP contribution in [0.4, 0.5) is 0 Å². The van der Waals surface area contributed by atoms with E-state index in [1.165, 1.54) is 11.8 Å². The van der Waals surface area contributed by atoms with E-state index in [0.29, 0.717) is 30.8 Å². The normalized spacial score (nSPS) is 17.7. The number of benzene rings is 1. The zero-order chi connectivity index (χ0) is 16.9. The number of Topliss-reactive ketones (excluding diaryl/α,β-unsaturated/α-hetero) is 1. The molecule has 0 bridgehead atoms. The van der Waals surface area contributed by atoms with Gasteiger partial charge in [-0.25, -0.2) is 0 Å². The number of carbonyl (C=O) groups excluding carboxylic acids is 2. The van der Waals surface area contributed by atoms with Crippen molar-refractivity contribution in [1.82, 2.24) is 4.90 Å². The number of amides is 1. The largest absolute Gasteiger partial charge is 0.469 e. The SMILES string of the molecule is Cc1occc1C(=O)N1CCC[C@@H](C(=O)CCc2ccccc2)C1. The van der Waals surface area contributed by atoms with Gasteiger partial charge < -0.3 is 9.32 Å². The van der Waals surface area contributed by atoms with Crippen molar-refractivity contribution in [2.24, 2.45) is 5.92 Å². The van der Waals surface area contributed by atoms with Crippen LogP contribution in [0.15, 0.2) is 47.1 Å². The lowest BCUT2D eigenvalue weighted by molar-refractivity contribution is -0.124. The van der Waals surface area contributed by atoms with E-state index in [2.05, 4.69) is 0 Å². The number of hydrogen-bond donors (Lipinski definition) is 0. The number of likely N-dealkylation sites (tertiary alicyclic amines) is 1. The quantitative estimate of drug-likeness (QED) is 0.843. The van der Waals surface area contributed by atoms with Crippen LogP contribution in [0.1, 0.15) is 40.9 Å². The molecule has 1 atom stereocenters. The lowest BCUT2D eigenvalue weighted by Crippen LogP contribution is -2.42. The van der Waals surface area contributed by atoms with E-state index in [1.807, 2.05) is 30.3 Å². The summed E-state index contributed by atoms with van der Waals surface area (Å²) in [4.78, 5) is 26.9. The van der Waals surface area contributed by atoms with Crippen LogP contribution in [0.3, 0.4) is 0 Å². The maximum atomic E-state index is 12.6. The molecule has 1 amide bonds. The van der Waals surface area contributed by atoms with E-state index in [9.17, 15) is 9.59 Å². The molecule has 0 radical (unpaired) electrons. The van der Waals surface area contributed by atoms with Crippen molar-refractivity contribution in [3.63, 3.8) is 0 Å². The van der Waals surface area contributed by atoms with Crippen molar-refractivity contribution in [1.29, 1.82) is 0 Å². The molecule has 1 aromatic carbocycles. The third-order valence-electron chi connectivity index (χ3n) is 4.76. The fourth-order valence-corrected chi connectivity index (χ4v) is 3.32. The van der Waals surface area contributed by atoms with Crippen LogP contribution >= 0.6 is 0 Å². The molecule has 0 N–H and O–H groups in total. The molecule has 2 heterocycles. The maximum absolute atomic E-state index is 12.6. The summed E-state index contributed by atoms with van der Waals surface area (Å²) >= 11 is 0. The Kier molecular flexibility index (Phi) is 5.14. The Hall–Kier alpha value is -2.36. The van der Waals surface area contributed by atoms with Crippen molar-refractivity contribution >= 4 is 11.7 Å². The molecule has 0 aliphatic carbocycles. The first kappa shape index (κ1) is 16.5. The summed E-state index contributed by atoms with van der Waals surface area (Å²) < 4.78 is 5.22. The minimum Gasteiger partial charge on any atom is -0.469 e. The Bertz CT molecular complexity index is 705. The Morgan fingerprint density at radius 3 is 2.71 bits per heavy atom. The first-order valence-electron chi connectivity index (χ1n) is 8.55. The Labute approximate surface area is 142 Å². The lowest BCUT2D eigenvalue weighted by atomic mass is 9.90. The number of nitrogens with zero attached hydrogens (tertiary/aromatic N) is 1. The van der Waals surface area contributed by atoms with Gasteiger partial charge in [0.15, 0.2) is 0 Å². The highest BCUT2D eigenvalue weighted by Crippen LogP contribution is 2.22. The fraction of sp³-hybridized carbons (Fsp3) is 0.400. The standard InChI is InChI=1S/C20H23NO3/c1-15-18(11-13-24-15)20(23)21-12-5-8-17(14-21)19(22)10-9-16-6-3-2-4-7-16/h2-4,6-7,11,13,17H,5,8-10,12,14H2,1H3/t17-/m1/s1. The average Bonchev–Trinajstić information content (AvgIpc) is 3.06. The average molecular weight is 325 g/mol. The summed E-state index contributed by atoms with van der Waals surface area (Å²) in [5.74, 6) is 0.832. The molecule has 4 nitrogen and oxygen atoms in total.